The lowest BCUT2D eigenvalue weighted by Gasteiger charge is -2.43. The van der Waals surface area contributed by atoms with E-state index in [0.717, 1.165) is 12.3 Å². The quantitative estimate of drug-likeness (QED) is 0.775. The van der Waals surface area contributed by atoms with Gasteiger partial charge in [0.05, 0.1) is 6.10 Å². The molecule has 0 aliphatic heterocycles. The molecule has 0 aromatic carbocycles. The highest BCUT2D eigenvalue weighted by molar-refractivity contribution is 5.05. The van der Waals surface area contributed by atoms with Crippen molar-refractivity contribution in [1.29, 1.82) is 0 Å². The first-order chi connectivity index (χ1) is 7.37. The van der Waals surface area contributed by atoms with Gasteiger partial charge in [-0.25, -0.2) is 0 Å². The molecule has 0 aromatic heterocycles. The van der Waals surface area contributed by atoms with Gasteiger partial charge in [0, 0.05) is 12.0 Å². The number of rotatable bonds is 3. The third-order valence-electron chi connectivity index (χ3n) is 4.87. The van der Waals surface area contributed by atoms with Gasteiger partial charge in [0.15, 0.2) is 0 Å². The second kappa shape index (κ2) is 3.99. The number of aliphatic hydroxyl groups is 1. The topological polar surface area (TPSA) is 46.2 Å². The molecule has 3 N–H and O–H groups in total. The van der Waals surface area contributed by atoms with Gasteiger partial charge >= 0.3 is 0 Å². The Morgan fingerprint density at radius 3 is 2.44 bits per heavy atom. The first-order valence-electron chi connectivity index (χ1n) is 6.75. The predicted octanol–water partition coefficient (Wildman–Crippen LogP) is 2.55. The van der Waals surface area contributed by atoms with Crippen LogP contribution in [0.4, 0.5) is 0 Å². The van der Waals surface area contributed by atoms with Gasteiger partial charge < -0.3 is 10.8 Å². The van der Waals surface area contributed by atoms with Crippen molar-refractivity contribution in [2.75, 3.05) is 6.54 Å². The van der Waals surface area contributed by atoms with Crippen molar-refractivity contribution < 1.29 is 5.11 Å². The van der Waals surface area contributed by atoms with Gasteiger partial charge in [-0.1, -0.05) is 27.2 Å². The largest absolute Gasteiger partial charge is 0.392 e. The zero-order valence-electron chi connectivity index (χ0n) is 11.0. The molecule has 2 aliphatic rings. The minimum Gasteiger partial charge on any atom is -0.392 e. The van der Waals surface area contributed by atoms with E-state index >= 15 is 0 Å². The summed E-state index contributed by atoms with van der Waals surface area (Å²) in [4.78, 5) is 0. The summed E-state index contributed by atoms with van der Waals surface area (Å²) in [6.45, 7) is 7.28. The molecule has 2 aliphatic carbocycles. The summed E-state index contributed by atoms with van der Waals surface area (Å²) < 4.78 is 0. The maximum Gasteiger partial charge on any atom is 0.0616 e. The van der Waals surface area contributed by atoms with Gasteiger partial charge in [-0.05, 0) is 42.9 Å². The van der Waals surface area contributed by atoms with E-state index in [4.69, 9.17) is 5.73 Å². The molecule has 2 nitrogen and oxygen atoms in total. The monoisotopic (exact) mass is 225 g/mol. The molecular formula is C14H27NO. The van der Waals surface area contributed by atoms with E-state index in [1.54, 1.807) is 0 Å². The molecular weight excluding hydrogens is 198 g/mol. The van der Waals surface area contributed by atoms with Crippen LogP contribution in [0.15, 0.2) is 0 Å². The van der Waals surface area contributed by atoms with Crippen LogP contribution in [-0.4, -0.2) is 17.8 Å². The minimum absolute atomic E-state index is 0.0518. The number of fused-ring (bicyclic) bond motifs is 2. The zero-order valence-corrected chi connectivity index (χ0v) is 11.0. The molecule has 2 rings (SSSR count). The van der Waals surface area contributed by atoms with E-state index in [1.807, 2.05) is 0 Å². The Bertz CT molecular complexity index is 258. The highest BCUT2D eigenvalue weighted by Gasteiger charge is 2.54. The van der Waals surface area contributed by atoms with Crippen molar-refractivity contribution in [3.05, 3.63) is 0 Å². The smallest absolute Gasteiger partial charge is 0.0616 e. The van der Waals surface area contributed by atoms with Crippen molar-refractivity contribution >= 4 is 0 Å². The Labute approximate surface area is 99.6 Å². The van der Waals surface area contributed by atoms with E-state index in [9.17, 15) is 5.11 Å². The fourth-order valence-electron chi connectivity index (χ4n) is 4.06. The fourth-order valence-corrected chi connectivity index (χ4v) is 4.06. The third-order valence-corrected chi connectivity index (χ3v) is 4.87. The Morgan fingerprint density at radius 2 is 2.06 bits per heavy atom. The van der Waals surface area contributed by atoms with Crippen molar-refractivity contribution in [2.45, 2.75) is 59.0 Å². The van der Waals surface area contributed by atoms with Gasteiger partial charge in [0.2, 0.25) is 0 Å². The van der Waals surface area contributed by atoms with Gasteiger partial charge in [-0.15, -0.1) is 0 Å². The highest BCUT2D eigenvalue weighted by atomic mass is 16.3. The van der Waals surface area contributed by atoms with Gasteiger partial charge in [0.25, 0.3) is 0 Å². The zero-order chi connectivity index (χ0) is 12.0. The normalized spacial score (nSPS) is 40.3. The number of aliphatic hydroxyl groups excluding tert-OH is 1. The lowest BCUT2D eigenvalue weighted by atomic mass is 9.66. The Kier molecular flexibility index (Phi) is 3.09. The van der Waals surface area contributed by atoms with Crippen LogP contribution in [0.1, 0.15) is 52.9 Å². The van der Waals surface area contributed by atoms with Crippen molar-refractivity contribution in [3.63, 3.8) is 0 Å². The van der Waals surface area contributed by atoms with Crippen molar-refractivity contribution in [3.8, 4) is 0 Å². The lowest BCUT2D eigenvalue weighted by Crippen LogP contribution is -2.47. The van der Waals surface area contributed by atoms with E-state index in [1.165, 1.54) is 25.7 Å². The van der Waals surface area contributed by atoms with Crippen LogP contribution in [0.5, 0.6) is 0 Å². The molecule has 0 aromatic rings. The summed E-state index contributed by atoms with van der Waals surface area (Å²) in [6.07, 6.45) is 5.84. The molecule has 2 heteroatoms. The average molecular weight is 225 g/mol. The van der Waals surface area contributed by atoms with Crippen LogP contribution >= 0.6 is 0 Å². The third kappa shape index (κ3) is 2.02. The molecule has 4 atom stereocenters. The molecule has 4 unspecified atom stereocenters. The van der Waals surface area contributed by atoms with Crippen LogP contribution in [-0.2, 0) is 0 Å². The number of hydrogen-bond donors (Lipinski definition) is 2. The molecule has 94 valence electrons. The summed E-state index contributed by atoms with van der Waals surface area (Å²) in [5.41, 5.74) is 6.26. The SMILES string of the molecule is CC(C)(C)CC(O)C1(CN)CC2CCC1C2. The molecule has 2 bridgehead atoms. The maximum atomic E-state index is 10.6. The Hall–Kier alpha value is -0.0800. The van der Waals surface area contributed by atoms with Crippen LogP contribution < -0.4 is 5.73 Å². The van der Waals surface area contributed by atoms with E-state index in [2.05, 4.69) is 20.8 Å². The molecule has 2 saturated carbocycles. The summed E-state index contributed by atoms with van der Waals surface area (Å²) in [5, 5.41) is 10.6. The highest BCUT2D eigenvalue weighted by Crippen LogP contribution is 2.58. The summed E-state index contributed by atoms with van der Waals surface area (Å²) in [7, 11) is 0. The number of nitrogens with two attached hydrogens (primary N) is 1. The van der Waals surface area contributed by atoms with E-state index < -0.39 is 0 Å². The molecule has 0 heterocycles. The molecule has 0 amide bonds. The second-order valence-corrected chi connectivity index (χ2v) is 7.30. The second-order valence-electron chi connectivity index (χ2n) is 7.30. The van der Waals surface area contributed by atoms with Gasteiger partial charge in [-0.3, -0.25) is 0 Å². The molecule has 16 heavy (non-hydrogen) atoms. The lowest BCUT2D eigenvalue weighted by molar-refractivity contribution is -0.0335. The van der Waals surface area contributed by atoms with E-state index in [-0.39, 0.29) is 16.9 Å². The summed E-state index contributed by atoms with van der Waals surface area (Å²) in [5.74, 6) is 1.54. The van der Waals surface area contributed by atoms with Crippen LogP contribution in [0, 0.1) is 22.7 Å². The fraction of sp³-hybridized carbons (Fsp3) is 1.00. The number of hydrogen-bond acceptors (Lipinski definition) is 2. The predicted molar refractivity (Wildman–Crippen MR) is 67.0 cm³/mol. The van der Waals surface area contributed by atoms with Gasteiger partial charge in [0.1, 0.15) is 0 Å². The Morgan fingerprint density at radius 1 is 1.38 bits per heavy atom. The minimum atomic E-state index is -0.201. The maximum absolute atomic E-state index is 10.6. The summed E-state index contributed by atoms with van der Waals surface area (Å²) in [6, 6.07) is 0. The van der Waals surface area contributed by atoms with Crippen LogP contribution in [0.3, 0.4) is 0 Å². The molecule has 0 saturated heterocycles. The first kappa shape index (κ1) is 12.4. The van der Waals surface area contributed by atoms with E-state index in [0.29, 0.717) is 12.5 Å². The molecule has 2 fully saturated rings. The first-order valence-corrected chi connectivity index (χ1v) is 6.75. The summed E-state index contributed by atoms with van der Waals surface area (Å²) >= 11 is 0. The standard InChI is InChI=1S/C14H27NO/c1-13(2,3)8-12(16)14(9-15)7-10-4-5-11(14)6-10/h10-12,16H,4-9,15H2,1-3H3. The Balaban J connectivity index is 2.10. The van der Waals surface area contributed by atoms with Crippen molar-refractivity contribution in [1.82, 2.24) is 0 Å². The van der Waals surface area contributed by atoms with Gasteiger partial charge in [-0.2, -0.15) is 0 Å². The molecule has 0 radical (unpaired) electrons. The van der Waals surface area contributed by atoms with Crippen molar-refractivity contribution in [2.24, 2.45) is 28.4 Å². The van der Waals surface area contributed by atoms with Crippen LogP contribution in [0.25, 0.3) is 0 Å². The average Bonchev–Trinajstić information content (AvgIpc) is 2.74. The molecule has 0 spiro atoms. The van der Waals surface area contributed by atoms with Crippen LogP contribution in [0.2, 0.25) is 0 Å².